The fourth-order valence-corrected chi connectivity index (χ4v) is 2.60. The first kappa shape index (κ1) is 15.1. The molecule has 0 aliphatic heterocycles. The van der Waals surface area contributed by atoms with Crippen molar-refractivity contribution in [2.75, 3.05) is 5.32 Å². The molecule has 2 N–H and O–H groups in total. The Labute approximate surface area is 143 Å². The van der Waals surface area contributed by atoms with Gasteiger partial charge in [0.25, 0.3) is 5.91 Å². The number of rotatable bonds is 3. The fourth-order valence-electron chi connectivity index (χ4n) is 2.60. The SMILES string of the molecule is Cc1cc2c(C)nc(NC(=O)c3cc(-c4ccccc4)n[nH]3)nc2o1. The third-order valence-corrected chi connectivity index (χ3v) is 3.82. The second-order valence-electron chi connectivity index (χ2n) is 5.70. The highest BCUT2D eigenvalue weighted by atomic mass is 16.3. The Bertz CT molecular complexity index is 1070. The van der Waals surface area contributed by atoms with Crippen LogP contribution in [-0.4, -0.2) is 26.1 Å². The number of benzene rings is 1. The molecule has 4 aromatic rings. The molecule has 25 heavy (non-hydrogen) atoms. The molecule has 0 atom stereocenters. The minimum absolute atomic E-state index is 0.195. The molecule has 1 aromatic carbocycles. The molecular weight excluding hydrogens is 318 g/mol. The van der Waals surface area contributed by atoms with Gasteiger partial charge in [-0.3, -0.25) is 15.2 Å². The van der Waals surface area contributed by atoms with Gasteiger partial charge in [-0.15, -0.1) is 0 Å². The van der Waals surface area contributed by atoms with Gasteiger partial charge < -0.3 is 4.42 Å². The summed E-state index contributed by atoms with van der Waals surface area (Å²) in [4.78, 5) is 21.0. The monoisotopic (exact) mass is 333 g/mol. The van der Waals surface area contributed by atoms with Gasteiger partial charge >= 0.3 is 0 Å². The highest BCUT2D eigenvalue weighted by Crippen LogP contribution is 2.21. The molecule has 0 aliphatic rings. The van der Waals surface area contributed by atoms with Crippen molar-refractivity contribution in [2.45, 2.75) is 13.8 Å². The molecule has 0 aliphatic carbocycles. The van der Waals surface area contributed by atoms with E-state index in [1.807, 2.05) is 50.2 Å². The highest BCUT2D eigenvalue weighted by Gasteiger charge is 2.15. The summed E-state index contributed by atoms with van der Waals surface area (Å²) in [6.07, 6.45) is 0. The summed E-state index contributed by atoms with van der Waals surface area (Å²) in [5.41, 5.74) is 3.15. The van der Waals surface area contributed by atoms with Crippen molar-refractivity contribution in [3.05, 3.63) is 59.6 Å². The van der Waals surface area contributed by atoms with E-state index in [2.05, 4.69) is 25.5 Å². The van der Waals surface area contributed by atoms with E-state index in [9.17, 15) is 4.79 Å². The molecule has 0 spiro atoms. The molecule has 0 radical (unpaired) electrons. The summed E-state index contributed by atoms with van der Waals surface area (Å²) < 4.78 is 5.52. The van der Waals surface area contributed by atoms with Crippen LogP contribution in [0.5, 0.6) is 0 Å². The lowest BCUT2D eigenvalue weighted by molar-refractivity contribution is 0.102. The van der Waals surface area contributed by atoms with Gasteiger partial charge in [0.1, 0.15) is 11.5 Å². The van der Waals surface area contributed by atoms with Crippen LogP contribution in [0.3, 0.4) is 0 Å². The standard InChI is InChI=1S/C18H15N5O2/c1-10-8-13-11(2)19-18(21-17(13)25-10)20-16(24)15-9-14(22-23-15)12-6-4-3-5-7-12/h3-9H,1-2H3,(H,22,23)(H,19,20,21,24). The third-order valence-electron chi connectivity index (χ3n) is 3.82. The zero-order valence-corrected chi connectivity index (χ0v) is 13.7. The van der Waals surface area contributed by atoms with Gasteiger partial charge in [-0.05, 0) is 26.0 Å². The third kappa shape index (κ3) is 2.87. The maximum atomic E-state index is 12.4. The second-order valence-corrected chi connectivity index (χ2v) is 5.70. The first-order valence-corrected chi connectivity index (χ1v) is 7.77. The molecule has 0 bridgehead atoms. The number of carbonyl (C=O) groups is 1. The van der Waals surface area contributed by atoms with E-state index >= 15 is 0 Å². The Morgan fingerprint density at radius 2 is 1.92 bits per heavy atom. The van der Waals surface area contributed by atoms with E-state index in [1.165, 1.54) is 0 Å². The van der Waals surface area contributed by atoms with Crippen molar-refractivity contribution in [1.29, 1.82) is 0 Å². The van der Waals surface area contributed by atoms with Gasteiger partial charge in [0.05, 0.1) is 16.8 Å². The number of H-pyrrole nitrogens is 1. The number of furan rings is 1. The average Bonchev–Trinajstić information content (AvgIpc) is 3.22. The topological polar surface area (TPSA) is 96.7 Å². The van der Waals surface area contributed by atoms with E-state index in [-0.39, 0.29) is 11.9 Å². The fraction of sp³-hybridized carbons (Fsp3) is 0.111. The molecule has 7 heteroatoms. The zero-order chi connectivity index (χ0) is 17.4. The van der Waals surface area contributed by atoms with Crippen LogP contribution in [-0.2, 0) is 0 Å². The number of aromatic amines is 1. The van der Waals surface area contributed by atoms with E-state index in [0.29, 0.717) is 17.1 Å². The molecule has 4 rings (SSSR count). The predicted octanol–water partition coefficient (Wildman–Crippen LogP) is 3.48. The van der Waals surface area contributed by atoms with Crippen molar-refractivity contribution in [3.63, 3.8) is 0 Å². The lowest BCUT2D eigenvalue weighted by Crippen LogP contribution is -2.15. The quantitative estimate of drug-likeness (QED) is 0.598. The molecule has 3 heterocycles. The number of hydrogen-bond acceptors (Lipinski definition) is 5. The second kappa shape index (κ2) is 5.86. The van der Waals surface area contributed by atoms with Gasteiger partial charge in [-0.25, -0.2) is 4.98 Å². The highest BCUT2D eigenvalue weighted by molar-refractivity contribution is 6.02. The van der Waals surface area contributed by atoms with Gasteiger partial charge in [0, 0.05) is 5.56 Å². The molecule has 3 aromatic heterocycles. The minimum Gasteiger partial charge on any atom is -0.443 e. The molecule has 0 unspecified atom stereocenters. The Morgan fingerprint density at radius 3 is 2.72 bits per heavy atom. The molecule has 1 amide bonds. The first-order valence-electron chi connectivity index (χ1n) is 7.77. The first-order chi connectivity index (χ1) is 12.1. The van der Waals surface area contributed by atoms with Crippen LogP contribution in [0.15, 0.2) is 46.9 Å². The largest absolute Gasteiger partial charge is 0.443 e. The molecule has 7 nitrogen and oxygen atoms in total. The Balaban J connectivity index is 1.59. The van der Waals surface area contributed by atoms with E-state index < -0.39 is 0 Å². The van der Waals surface area contributed by atoms with Crippen LogP contribution < -0.4 is 5.32 Å². The summed E-state index contributed by atoms with van der Waals surface area (Å²) in [5.74, 6) is 0.578. The number of hydrogen-bond donors (Lipinski definition) is 2. The van der Waals surface area contributed by atoms with Crippen molar-refractivity contribution in [2.24, 2.45) is 0 Å². The van der Waals surface area contributed by atoms with Crippen LogP contribution in [0.1, 0.15) is 21.9 Å². The van der Waals surface area contributed by atoms with Gasteiger partial charge in [0.15, 0.2) is 0 Å². The number of amides is 1. The number of fused-ring (bicyclic) bond motifs is 1. The Hall–Kier alpha value is -3.48. The molecule has 0 saturated heterocycles. The number of aromatic nitrogens is 4. The van der Waals surface area contributed by atoms with Crippen LogP contribution >= 0.6 is 0 Å². The van der Waals surface area contributed by atoms with Crippen molar-refractivity contribution >= 4 is 23.0 Å². The average molecular weight is 333 g/mol. The Kier molecular flexibility index (Phi) is 3.53. The van der Waals surface area contributed by atoms with E-state index in [4.69, 9.17) is 4.42 Å². The molecular formula is C18H15N5O2. The maximum absolute atomic E-state index is 12.4. The minimum atomic E-state index is -0.364. The predicted molar refractivity (Wildman–Crippen MR) is 93.3 cm³/mol. The summed E-state index contributed by atoms with van der Waals surface area (Å²) in [6, 6.07) is 13.2. The number of nitrogens with zero attached hydrogens (tertiary/aromatic N) is 3. The summed E-state index contributed by atoms with van der Waals surface area (Å²) in [5, 5.41) is 10.4. The van der Waals surface area contributed by atoms with Crippen LogP contribution in [0.4, 0.5) is 5.95 Å². The zero-order valence-electron chi connectivity index (χ0n) is 13.7. The van der Waals surface area contributed by atoms with Crippen LogP contribution in [0, 0.1) is 13.8 Å². The van der Waals surface area contributed by atoms with Gasteiger partial charge in [-0.2, -0.15) is 10.1 Å². The van der Waals surface area contributed by atoms with E-state index in [1.54, 1.807) is 6.07 Å². The van der Waals surface area contributed by atoms with Gasteiger partial charge in [-0.1, -0.05) is 30.3 Å². The number of carbonyl (C=O) groups excluding carboxylic acids is 1. The normalized spacial score (nSPS) is 11.0. The summed E-state index contributed by atoms with van der Waals surface area (Å²) in [7, 11) is 0. The number of anilines is 1. The smallest absolute Gasteiger partial charge is 0.276 e. The van der Waals surface area contributed by atoms with E-state index in [0.717, 1.165) is 22.4 Å². The Morgan fingerprint density at radius 1 is 1.12 bits per heavy atom. The molecule has 124 valence electrons. The van der Waals surface area contributed by atoms with Crippen molar-refractivity contribution in [3.8, 4) is 11.3 Å². The van der Waals surface area contributed by atoms with Crippen LogP contribution in [0.2, 0.25) is 0 Å². The molecule has 0 saturated carbocycles. The molecule has 0 fully saturated rings. The van der Waals surface area contributed by atoms with Crippen LogP contribution in [0.25, 0.3) is 22.4 Å². The van der Waals surface area contributed by atoms with Gasteiger partial charge in [0.2, 0.25) is 11.7 Å². The van der Waals surface area contributed by atoms with Crippen molar-refractivity contribution < 1.29 is 9.21 Å². The summed E-state index contributed by atoms with van der Waals surface area (Å²) in [6.45, 7) is 3.69. The lowest BCUT2D eigenvalue weighted by atomic mass is 10.1. The number of nitrogens with one attached hydrogen (secondary N) is 2. The van der Waals surface area contributed by atoms with Crippen molar-refractivity contribution in [1.82, 2.24) is 20.2 Å². The summed E-state index contributed by atoms with van der Waals surface area (Å²) >= 11 is 0. The lowest BCUT2D eigenvalue weighted by Gasteiger charge is -2.02. The maximum Gasteiger partial charge on any atom is 0.276 e. The number of aryl methyl sites for hydroxylation is 2.